The molecule has 5 nitrogen and oxygen atoms in total. The second-order valence-corrected chi connectivity index (χ2v) is 4.70. The quantitative estimate of drug-likeness (QED) is 0.798. The summed E-state index contributed by atoms with van der Waals surface area (Å²) in [7, 11) is 1.64. The summed E-state index contributed by atoms with van der Waals surface area (Å²) in [5.74, 6) is 0.517. The van der Waals surface area contributed by atoms with Crippen LogP contribution in [-0.4, -0.2) is 30.2 Å². The van der Waals surface area contributed by atoms with Gasteiger partial charge in [-0.25, -0.2) is 4.98 Å². The van der Waals surface area contributed by atoms with Gasteiger partial charge in [-0.2, -0.15) is 0 Å². The number of H-pyrrole nitrogens is 1. The molecule has 0 spiro atoms. The molecule has 0 saturated heterocycles. The number of benzene rings is 1. The lowest BCUT2D eigenvalue weighted by atomic mass is 10.2. The second-order valence-electron chi connectivity index (χ2n) is 4.27. The Morgan fingerprint density at radius 3 is 3.00 bits per heavy atom. The normalized spacial score (nSPS) is 10.7. The summed E-state index contributed by atoms with van der Waals surface area (Å²) in [4.78, 5) is 18.8. The molecule has 0 aliphatic carbocycles. The molecule has 0 aliphatic rings. The van der Waals surface area contributed by atoms with Gasteiger partial charge < -0.3 is 15.0 Å². The first-order valence-corrected chi connectivity index (χ1v) is 6.62. The van der Waals surface area contributed by atoms with Crippen LogP contribution in [0.1, 0.15) is 5.69 Å². The van der Waals surface area contributed by atoms with Gasteiger partial charge in [-0.05, 0) is 12.1 Å². The SMILES string of the molecule is COCCNCc1cc(=O)[nH]c(-c2cccc(Cl)c2)n1. The van der Waals surface area contributed by atoms with Crippen LogP contribution in [0, 0.1) is 0 Å². The molecule has 0 unspecified atom stereocenters. The molecule has 0 fully saturated rings. The van der Waals surface area contributed by atoms with E-state index in [9.17, 15) is 4.79 Å². The predicted molar refractivity (Wildman–Crippen MR) is 78.9 cm³/mol. The molecule has 1 aromatic heterocycles. The fraction of sp³-hybridized carbons (Fsp3) is 0.286. The summed E-state index contributed by atoms with van der Waals surface area (Å²) >= 11 is 5.95. The van der Waals surface area contributed by atoms with Crippen molar-refractivity contribution < 1.29 is 4.74 Å². The number of ether oxygens (including phenoxy) is 1. The Labute approximate surface area is 122 Å². The van der Waals surface area contributed by atoms with Crippen LogP contribution in [0.3, 0.4) is 0 Å². The standard InChI is InChI=1S/C14H16ClN3O2/c1-20-6-5-16-9-12-8-13(19)18-14(17-12)10-3-2-4-11(15)7-10/h2-4,7-8,16H,5-6,9H2,1H3,(H,17,18,19). The van der Waals surface area contributed by atoms with E-state index in [-0.39, 0.29) is 5.56 Å². The van der Waals surface area contributed by atoms with Gasteiger partial charge in [0.1, 0.15) is 5.82 Å². The van der Waals surface area contributed by atoms with E-state index in [1.165, 1.54) is 6.07 Å². The molecular formula is C14H16ClN3O2. The average Bonchev–Trinajstić information content (AvgIpc) is 2.43. The second kappa shape index (κ2) is 7.19. The van der Waals surface area contributed by atoms with Gasteiger partial charge in [0.25, 0.3) is 5.56 Å². The van der Waals surface area contributed by atoms with Gasteiger partial charge in [0, 0.05) is 36.9 Å². The summed E-state index contributed by atoms with van der Waals surface area (Å²) in [6, 6.07) is 8.70. The van der Waals surface area contributed by atoms with E-state index in [1.807, 2.05) is 12.1 Å². The first kappa shape index (κ1) is 14.7. The predicted octanol–water partition coefficient (Wildman–Crippen LogP) is 1.83. The maximum absolute atomic E-state index is 11.7. The molecule has 1 heterocycles. The third kappa shape index (κ3) is 4.16. The molecule has 106 valence electrons. The molecule has 2 aromatic rings. The summed E-state index contributed by atoms with van der Waals surface area (Å²) in [6.07, 6.45) is 0. The highest BCUT2D eigenvalue weighted by Gasteiger charge is 2.04. The summed E-state index contributed by atoms with van der Waals surface area (Å²) < 4.78 is 4.94. The molecule has 1 aromatic carbocycles. The highest BCUT2D eigenvalue weighted by Crippen LogP contribution is 2.18. The van der Waals surface area contributed by atoms with Crippen molar-refractivity contribution in [2.45, 2.75) is 6.54 Å². The number of aromatic nitrogens is 2. The summed E-state index contributed by atoms with van der Waals surface area (Å²) in [6.45, 7) is 1.84. The van der Waals surface area contributed by atoms with Gasteiger partial charge in [0.05, 0.1) is 12.3 Å². The Hall–Kier alpha value is -1.69. The minimum atomic E-state index is -0.182. The van der Waals surface area contributed by atoms with Crippen molar-refractivity contribution in [2.75, 3.05) is 20.3 Å². The highest BCUT2D eigenvalue weighted by atomic mass is 35.5. The van der Waals surface area contributed by atoms with Crippen molar-refractivity contribution in [3.05, 3.63) is 51.4 Å². The lowest BCUT2D eigenvalue weighted by Crippen LogP contribution is -2.21. The van der Waals surface area contributed by atoms with Gasteiger partial charge in [-0.3, -0.25) is 4.79 Å². The number of nitrogens with one attached hydrogen (secondary N) is 2. The van der Waals surface area contributed by atoms with Crippen molar-refractivity contribution in [3.63, 3.8) is 0 Å². The topological polar surface area (TPSA) is 67.0 Å². The van der Waals surface area contributed by atoms with E-state index in [0.29, 0.717) is 36.2 Å². The van der Waals surface area contributed by atoms with Crippen LogP contribution in [0.4, 0.5) is 0 Å². The van der Waals surface area contributed by atoms with Gasteiger partial charge >= 0.3 is 0 Å². The van der Waals surface area contributed by atoms with E-state index in [4.69, 9.17) is 16.3 Å². The van der Waals surface area contributed by atoms with E-state index >= 15 is 0 Å². The van der Waals surface area contributed by atoms with Crippen LogP contribution in [0.25, 0.3) is 11.4 Å². The van der Waals surface area contributed by atoms with E-state index < -0.39 is 0 Å². The molecule has 0 saturated carbocycles. The molecule has 0 aliphatic heterocycles. The van der Waals surface area contributed by atoms with Gasteiger partial charge in [-0.1, -0.05) is 23.7 Å². The van der Waals surface area contributed by atoms with E-state index in [0.717, 1.165) is 5.56 Å². The Morgan fingerprint density at radius 2 is 2.25 bits per heavy atom. The zero-order chi connectivity index (χ0) is 14.4. The Bertz CT molecular complexity index is 628. The number of nitrogens with zero attached hydrogens (tertiary/aromatic N) is 1. The molecule has 6 heteroatoms. The lowest BCUT2D eigenvalue weighted by Gasteiger charge is -2.06. The fourth-order valence-corrected chi connectivity index (χ4v) is 1.95. The Kier molecular flexibility index (Phi) is 5.29. The first-order valence-electron chi connectivity index (χ1n) is 6.25. The van der Waals surface area contributed by atoms with E-state index in [1.54, 1.807) is 19.2 Å². The Morgan fingerprint density at radius 1 is 1.40 bits per heavy atom. The minimum absolute atomic E-state index is 0.182. The zero-order valence-electron chi connectivity index (χ0n) is 11.1. The van der Waals surface area contributed by atoms with Crippen LogP contribution in [0.15, 0.2) is 35.1 Å². The maximum atomic E-state index is 11.7. The fourth-order valence-electron chi connectivity index (χ4n) is 1.76. The molecule has 0 amide bonds. The van der Waals surface area contributed by atoms with E-state index in [2.05, 4.69) is 15.3 Å². The van der Waals surface area contributed by atoms with Gasteiger partial charge in [0.15, 0.2) is 0 Å². The van der Waals surface area contributed by atoms with Crippen molar-refractivity contribution in [2.24, 2.45) is 0 Å². The third-order valence-corrected chi connectivity index (χ3v) is 2.92. The summed E-state index contributed by atoms with van der Waals surface area (Å²) in [5.41, 5.74) is 1.28. The molecule has 0 radical (unpaired) electrons. The van der Waals surface area contributed by atoms with Crippen LogP contribution in [0.5, 0.6) is 0 Å². The molecule has 0 bridgehead atoms. The molecule has 2 rings (SSSR count). The molecule has 20 heavy (non-hydrogen) atoms. The van der Waals surface area contributed by atoms with Gasteiger partial charge in [-0.15, -0.1) is 0 Å². The van der Waals surface area contributed by atoms with Crippen LogP contribution in [0.2, 0.25) is 5.02 Å². The maximum Gasteiger partial charge on any atom is 0.251 e. The number of rotatable bonds is 6. The molecular weight excluding hydrogens is 278 g/mol. The Balaban J connectivity index is 2.18. The smallest absolute Gasteiger partial charge is 0.251 e. The van der Waals surface area contributed by atoms with Gasteiger partial charge in [0.2, 0.25) is 0 Å². The highest BCUT2D eigenvalue weighted by molar-refractivity contribution is 6.30. The number of methoxy groups -OCH3 is 1. The summed E-state index contributed by atoms with van der Waals surface area (Å²) in [5, 5.41) is 3.76. The molecule has 0 atom stereocenters. The number of hydrogen-bond acceptors (Lipinski definition) is 4. The van der Waals surface area contributed by atoms with Crippen molar-refractivity contribution >= 4 is 11.6 Å². The number of aromatic amines is 1. The monoisotopic (exact) mass is 293 g/mol. The van der Waals surface area contributed by atoms with Crippen molar-refractivity contribution in [1.82, 2.24) is 15.3 Å². The van der Waals surface area contributed by atoms with Crippen molar-refractivity contribution in [3.8, 4) is 11.4 Å². The lowest BCUT2D eigenvalue weighted by molar-refractivity contribution is 0.199. The largest absolute Gasteiger partial charge is 0.383 e. The first-order chi connectivity index (χ1) is 9.69. The van der Waals surface area contributed by atoms with Crippen molar-refractivity contribution in [1.29, 1.82) is 0 Å². The number of hydrogen-bond donors (Lipinski definition) is 2. The van der Waals surface area contributed by atoms with Crippen LogP contribution in [-0.2, 0) is 11.3 Å². The van der Waals surface area contributed by atoms with Crippen LogP contribution < -0.4 is 10.9 Å². The third-order valence-electron chi connectivity index (χ3n) is 2.68. The zero-order valence-corrected chi connectivity index (χ0v) is 11.9. The average molecular weight is 294 g/mol. The molecule has 2 N–H and O–H groups in total. The number of halogens is 1. The minimum Gasteiger partial charge on any atom is -0.383 e. The van der Waals surface area contributed by atoms with Crippen LogP contribution >= 0.6 is 11.6 Å².